The number of carboxylic acids is 1. The highest BCUT2D eigenvalue weighted by molar-refractivity contribution is 8.00. The van der Waals surface area contributed by atoms with Crippen molar-refractivity contribution in [3.05, 3.63) is 0 Å². The van der Waals surface area contributed by atoms with Gasteiger partial charge in [0.15, 0.2) is 0 Å². The lowest BCUT2D eigenvalue weighted by Gasteiger charge is -2.44. The number of amides is 2. The molecular formula is C13H20N2O4S. The average Bonchev–Trinajstić information content (AvgIpc) is 2.72. The second-order valence-corrected chi connectivity index (χ2v) is 6.94. The first-order valence-corrected chi connectivity index (χ1v) is 7.86. The van der Waals surface area contributed by atoms with Gasteiger partial charge in [-0.05, 0) is 18.3 Å². The Kier molecular flexibility index (Phi) is 4.27. The molecule has 6 nitrogen and oxygen atoms in total. The molecule has 0 aromatic heterocycles. The molecule has 112 valence electrons. The first-order chi connectivity index (χ1) is 9.33. The van der Waals surface area contributed by atoms with E-state index in [0.29, 0.717) is 18.2 Å². The van der Waals surface area contributed by atoms with Gasteiger partial charge in [0, 0.05) is 6.54 Å². The normalized spacial score (nSPS) is 25.9. The van der Waals surface area contributed by atoms with Crippen LogP contribution in [-0.2, 0) is 14.4 Å². The summed E-state index contributed by atoms with van der Waals surface area (Å²) in [6.07, 6.45) is 1.58. The molecule has 0 radical (unpaired) electrons. The Bertz CT molecular complexity index is 438. The van der Waals surface area contributed by atoms with Gasteiger partial charge in [-0.2, -0.15) is 0 Å². The molecular weight excluding hydrogens is 280 g/mol. The summed E-state index contributed by atoms with van der Waals surface area (Å²) in [7, 11) is 0. The minimum absolute atomic E-state index is 0.00824. The van der Waals surface area contributed by atoms with E-state index < -0.39 is 17.4 Å². The van der Waals surface area contributed by atoms with Crippen LogP contribution in [-0.4, -0.2) is 63.5 Å². The Morgan fingerprint density at radius 1 is 1.45 bits per heavy atom. The molecule has 2 aliphatic rings. The Balaban J connectivity index is 2.10. The van der Waals surface area contributed by atoms with E-state index in [1.807, 2.05) is 13.8 Å². The van der Waals surface area contributed by atoms with Gasteiger partial charge in [0.25, 0.3) is 0 Å². The Morgan fingerprint density at radius 2 is 2.15 bits per heavy atom. The zero-order valence-corrected chi connectivity index (χ0v) is 12.6. The number of rotatable bonds is 3. The Hall–Kier alpha value is -1.24. The molecule has 2 amide bonds. The summed E-state index contributed by atoms with van der Waals surface area (Å²) < 4.78 is 0. The van der Waals surface area contributed by atoms with Gasteiger partial charge in [0.1, 0.15) is 12.6 Å². The van der Waals surface area contributed by atoms with Crippen molar-refractivity contribution in [3.63, 3.8) is 0 Å². The summed E-state index contributed by atoms with van der Waals surface area (Å²) >= 11 is 1.48. The highest BCUT2D eigenvalue weighted by Crippen LogP contribution is 2.35. The zero-order chi connectivity index (χ0) is 14.9. The zero-order valence-electron chi connectivity index (χ0n) is 11.8. The van der Waals surface area contributed by atoms with E-state index in [2.05, 4.69) is 0 Å². The molecule has 20 heavy (non-hydrogen) atoms. The lowest BCUT2D eigenvalue weighted by Crippen LogP contribution is -2.58. The van der Waals surface area contributed by atoms with Crippen LogP contribution in [0.4, 0.5) is 0 Å². The first-order valence-electron chi connectivity index (χ1n) is 6.71. The number of hydrogen-bond acceptors (Lipinski definition) is 4. The van der Waals surface area contributed by atoms with Gasteiger partial charge in [-0.15, -0.1) is 11.8 Å². The number of likely N-dealkylation sites (tertiary alicyclic amines) is 1. The van der Waals surface area contributed by atoms with E-state index in [9.17, 15) is 19.5 Å². The van der Waals surface area contributed by atoms with Crippen LogP contribution in [0.15, 0.2) is 0 Å². The van der Waals surface area contributed by atoms with Crippen molar-refractivity contribution in [1.82, 2.24) is 9.80 Å². The molecule has 0 aromatic carbocycles. The van der Waals surface area contributed by atoms with E-state index in [0.717, 1.165) is 12.8 Å². The molecule has 2 rings (SSSR count). The van der Waals surface area contributed by atoms with Crippen LogP contribution in [0.3, 0.4) is 0 Å². The molecule has 2 aliphatic heterocycles. The molecule has 7 heteroatoms. The SMILES string of the molecule is CC1(C)CCCN(C(=O)CN2CSCC2=O)C1C(=O)O. The Labute approximate surface area is 122 Å². The molecule has 1 unspecified atom stereocenters. The van der Waals surface area contributed by atoms with Crippen LogP contribution >= 0.6 is 11.8 Å². The number of thioether (sulfide) groups is 1. The van der Waals surface area contributed by atoms with Crippen LogP contribution in [0.1, 0.15) is 26.7 Å². The number of carboxylic acid groups (broad SMARTS) is 1. The number of hydrogen-bond donors (Lipinski definition) is 1. The Morgan fingerprint density at radius 3 is 2.70 bits per heavy atom. The molecule has 2 heterocycles. The quantitative estimate of drug-likeness (QED) is 0.827. The van der Waals surface area contributed by atoms with Crippen LogP contribution < -0.4 is 0 Å². The van der Waals surface area contributed by atoms with Crippen molar-refractivity contribution in [3.8, 4) is 0 Å². The van der Waals surface area contributed by atoms with Crippen molar-refractivity contribution in [2.75, 3.05) is 24.7 Å². The summed E-state index contributed by atoms with van der Waals surface area (Å²) in [6, 6.07) is -0.811. The van der Waals surface area contributed by atoms with Crippen LogP contribution in [0.2, 0.25) is 0 Å². The fourth-order valence-electron chi connectivity index (χ4n) is 2.92. The molecule has 2 fully saturated rings. The number of nitrogens with zero attached hydrogens (tertiary/aromatic N) is 2. The fourth-order valence-corrected chi connectivity index (χ4v) is 3.83. The lowest BCUT2D eigenvalue weighted by atomic mass is 9.76. The van der Waals surface area contributed by atoms with Gasteiger partial charge < -0.3 is 14.9 Å². The van der Waals surface area contributed by atoms with E-state index in [1.165, 1.54) is 21.6 Å². The summed E-state index contributed by atoms with van der Waals surface area (Å²) in [5.41, 5.74) is -0.441. The molecule has 0 spiro atoms. The van der Waals surface area contributed by atoms with Gasteiger partial charge in [0.2, 0.25) is 11.8 Å². The van der Waals surface area contributed by atoms with Gasteiger partial charge in [-0.3, -0.25) is 9.59 Å². The van der Waals surface area contributed by atoms with Crippen LogP contribution in [0.5, 0.6) is 0 Å². The van der Waals surface area contributed by atoms with Crippen molar-refractivity contribution in [2.24, 2.45) is 5.41 Å². The summed E-state index contributed by atoms with van der Waals surface area (Å²) in [5, 5.41) is 9.43. The van der Waals surface area contributed by atoms with Crippen LogP contribution in [0.25, 0.3) is 0 Å². The van der Waals surface area contributed by atoms with Crippen molar-refractivity contribution in [2.45, 2.75) is 32.7 Å². The van der Waals surface area contributed by atoms with Gasteiger partial charge in [-0.25, -0.2) is 4.79 Å². The van der Waals surface area contributed by atoms with E-state index in [4.69, 9.17) is 0 Å². The number of carbonyl (C=O) groups excluding carboxylic acids is 2. The highest BCUT2D eigenvalue weighted by Gasteiger charge is 2.44. The van der Waals surface area contributed by atoms with Crippen LogP contribution in [0, 0.1) is 5.41 Å². The largest absolute Gasteiger partial charge is 0.480 e. The third kappa shape index (κ3) is 2.92. The maximum absolute atomic E-state index is 12.4. The number of aliphatic carboxylic acids is 1. The predicted molar refractivity (Wildman–Crippen MR) is 75.2 cm³/mol. The molecule has 1 atom stereocenters. The maximum atomic E-state index is 12.4. The lowest BCUT2D eigenvalue weighted by molar-refractivity contribution is -0.159. The second kappa shape index (κ2) is 5.63. The molecule has 0 aliphatic carbocycles. The average molecular weight is 300 g/mol. The van der Waals surface area contributed by atoms with Gasteiger partial charge >= 0.3 is 5.97 Å². The molecule has 0 saturated carbocycles. The van der Waals surface area contributed by atoms with Crippen molar-refractivity contribution < 1.29 is 19.5 Å². The van der Waals surface area contributed by atoms with E-state index in [1.54, 1.807) is 0 Å². The molecule has 0 aromatic rings. The minimum atomic E-state index is -0.967. The van der Waals surface area contributed by atoms with Crippen molar-refractivity contribution in [1.29, 1.82) is 0 Å². The van der Waals surface area contributed by atoms with Gasteiger partial charge in [0.05, 0.1) is 11.6 Å². The van der Waals surface area contributed by atoms with Gasteiger partial charge in [-0.1, -0.05) is 13.8 Å². The number of carbonyl (C=O) groups is 3. The van der Waals surface area contributed by atoms with E-state index in [-0.39, 0.29) is 18.4 Å². The maximum Gasteiger partial charge on any atom is 0.326 e. The third-order valence-corrected chi connectivity index (χ3v) is 4.92. The summed E-state index contributed by atoms with van der Waals surface area (Å²) in [4.78, 5) is 38.3. The third-order valence-electron chi connectivity index (χ3n) is 3.98. The monoisotopic (exact) mass is 300 g/mol. The summed E-state index contributed by atoms with van der Waals surface area (Å²) in [6.45, 7) is 4.20. The van der Waals surface area contributed by atoms with E-state index >= 15 is 0 Å². The standard InChI is InChI=1S/C13H20N2O4S/c1-13(2)4-3-5-15(11(13)12(18)19)9(16)6-14-8-20-7-10(14)17/h11H,3-8H2,1-2H3,(H,18,19). The smallest absolute Gasteiger partial charge is 0.326 e. The fraction of sp³-hybridized carbons (Fsp3) is 0.769. The summed E-state index contributed by atoms with van der Waals surface area (Å²) in [5.74, 6) is -0.363. The number of piperidine rings is 1. The minimum Gasteiger partial charge on any atom is -0.480 e. The molecule has 1 N–H and O–H groups in total. The highest BCUT2D eigenvalue weighted by atomic mass is 32.2. The van der Waals surface area contributed by atoms with Crippen molar-refractivity contribution >= 4 is 29.5 Å². The topological polar surface area (TPSA) is 77.9 Å². The molecule has 2 saturated heterocycles. The first kappa shape index (κ1) is 15.2. The predicted octanol–water partition coefficient (Wildman–Crippen LogP) is 0.621. The molecule has 0 bridgehead atoms. The second-order valence-electron chi connectivity index (χ2n) is 5.99.